The summed E-state index contributed by atoms with van der Waals surface area (Å²) in [6, 6.07) is 21.7. The van der Waals surface area contributed by atoms with Crippen LogP contribution in [0.1, 0.15) is 26.7 Å². The van der Waals surface area contributed by atoms with Crippen LogP contribution < -0.4 is 24.8 Å². The Morgan fingerprint density at radius 2 is 1.76 bits per heavy atom. The zero-order valence-corrected chi connectivity index (χ0v) is 19.8. The third-order valence-electron chi connectivity index (χ3n) is 5.26. The van der Waals surface area contributed by atoms with E-state index in [-0.39, 0.29) is 24.8 Å². The van der Waals surface area contributed by atoms with Crippen molar-refractivity contribution in [2.24, 2.45) is 0 Å². The van der Waals surface area contributed by atoms with Crippen molar-refractivity contribution in [3.63, 3.8) is 0 Å². The predicted octanol–water partition coefficient (Wildman–Crippen LogP) is -0.517. The summed E-state index contributed by atoms with van der Waals surface area (Å²) in [4.78, 5) is 0. The molecule has 5 heteroatoms. The average molecular weight is 499 g/mol. The van der Waals surface area contributed by atoms with Crippen LogP contribution in [0.15, 0.2) is 94.1 Å². The van der Waals surface area contributed by atoms with Gasteiger partial charge in [-0.15, -0.1) is 0 Å². The number of aromatic nitrogens is 2. The minimum atomic E-state index is -0.835. The Morgan fingerprint density at radius 1 is 0.966 bits per heavy atom. The number of halogens is 2. The molecule has 0 fully saturated rings. The number of hydrogen-bond donors (Lipinski definition) is 0. The van der Waals surface area contributed by atoms with Crippen molar-refractivity contribution < 1.29 is 48.0 Å². The fourth-order valence-electron chi connectivity index (χ4n) is 3.94. The van der Waals surface area contributed by atoms with Gasteiger partial charge in [-0.25, -0.2) is 0 Å². The van der Waals surface area contributed by atoms with Gasteiger partial charge < -0.3 is 24.8 Å². The Morgan fingerprint density at radius 3 is 2.55 bits per heavy atom. The Balaban J connectivity index is 0.00000120. The monoisotopic (exact) mass is 496 g/mol. The zero-order valence-electron chi connectivity index (χ0n) is 15.8. The fraction of sp³-hybridized carbons (Fsp3) is 0.125. The molecule has 1 heterocycles. The minimum absolute atomic E-state index is 0. The molecular formula is C24H20Cl2N2Zr. The molecule has 144 valence electrons. The number of benzene rings is 2. The predicted molar refractivity (Wildman–Crippen MR) is 107 cm³/mol. The van der Waals surface area contributed by atoms with Crippen LogP contribution in [0.25, 0.3) is 11.8 Å². The third kappa shape index (κ3) is 4.58. The van der Waals surface area contributed by atoms with Crippen LogP contribution in [0.4, 0.5) is 0 Å². The first-order chi connectivity index (χ1) is 13.4. The summed E-state index contributed by atoms with van der Waals surface area (Å²) in [5.74, 6) is 0. The van der Waals surface area contributed by atoms with E-state index in [1.165, 1.54) is 22.4 Å². The normalized spacial score (nSPS) is 16.6. The second kappa shape index (κ2) is 9.89. The van der Waals surface area contributed by atoms with Gasteiger partial charge in [0.2, 0.25) is 0 Å². The van der Waals surface area contributed by atoms with Crippen LogP contribution in [0.3, 0.4) is 0 Å². The van der Waals surface area contributed by atoms with Gasteiger partial charge in [-0.1, -0.05) is 0 Å². The summed E-state index contributed by atoms with van der Waals surface area (Å²) in [5, 5.41) is 4.54. The van der Waals surface area contributed by atoms with E-state index in [4.69, 9.17) is 0 Å². The molecule has 0 amide bonds. The Bertz CT molecular complexity index is 1050. The van der Waals surface area contributed by atoms with E-state index in [1.807, 2.05) is 12.3 Å². The Labute approximate surface area is 195 Å². The van der Waals surface area contributed by atoms with E-state index in [0.29, 0.717) is 3.63 Å². The molecule has 5 rings (SSSR count). The molecule has 0 saturated heterocycles. The van der Waals surface area contributed by atoms with E-state index >= 15 is 0 Å². The summed E-state index contributed by atoms with van der Waals surface area (Å²) in [7, 11) is 0. The Hall–Kier alpha value is -1.67. The standard InChI is InChI=1S/C12H9N2.C12H11.2ClH.Zr/c1-2-5-11-9-12(8-10(11)4-1)14-7-3-6-13-14;1-2-6-11(7-3-1)10-12-8-4-5-9-12;;;/h1-9H;1-4,6-8H,5,10H2;2*1H;/q;;;;+2/p-2. The molecular weight excluding hydrogens is 478 g/mol. The summed E-state index contributed by atoms with van der Waals surface area (Å²) in [6.07, 6.45) is 13.2. The number of rotatable bonds is 5. The van der Waals surface area contributed by atoms with Crippen LogP contribution in [0, 0.1) is 0 Å². The van der Waals surface area contributed by atoms with Crippen molar-refractivity contribution in [3.05, 3.63) is 111 Å². The fourth-order valence-corrected chi connectivity index (χ4v) is 8.17. The third-order valence-corrected chi connectivity index (χ3v) is 9.61. The van der Waals surface area contributed by atoms with Gasteiger partial charge in [0.15, 0.2) is 0 Å². The van der Waals surface area contributed by atoms with Crippen molar-refractivity contribution >= 4 is 11.8 Å². The maximum absolute atomic E-state index is 4.54. The van der Waals surface area contributed by atoms with Gasteiger partial charge >= 0.3 is 172 Å². The molecule has 0 spiro atoms. The molecule has 0 radical (unpaired) electrons. The van der Waals surface area contributed by atoms with Crippen molar-refractivity contribution in [2.45, 2.75) is 16.5 Å². The first kappa shape index (κ1) is 22.0. The second-order valence-corrected chi connectivity index (χ2v) is 10.6. The number of allylic oxidation sites excluding steroid dienone is 5. The first-order valence-electron chi connectivity index (χ1n) is 9.38. The number of hydrogen-bond acceptors (Lipinski definition) is 1. The minimum Gasteiger partial charge on any atom is -1.00 e. The summed E-state index contributed by atoms with van der Waals surface area (Å²) < 4.78 is 4.33. The van der Waals surface area contributed by atoms with Crippen LogP contribution >= 0.6 is 0 Å². The van der Waals surface area contributed by atoms with Crippen LogP contribution in [0.5, 0.6) is 0 Å². The molecule has 2 aromatic carbocycles. The van der Waals surface area contributed by atoms with E-state index < -0.39 is 23.2 Å². The smallest absolute Gasteiger partial charge is 1.00 e. The summed E-state index contributed by atoms with van der Waals surface area (Å²) in [5.41, 5.74) is 7.17. The maximum atomic E-state index is 4.54. The van der Waals surface area contributed by atoms with Crippen molar-refractivity contribution in [3.8, 4) is 0 Å². The molecule has 0 N–H and O–H groups in total. The molecule has 0 aliphatic heterocycles. The Kier molecular flexibility index (Phi) is 7.51. The summed E-state index contributed by atoms with van der Waals surface area (Å²) in [6.45, 7) is 0. The van der Waals surface area contributed by atoms with E-state index in [0.717, 1.165) is 12.8 Å². The molecule has 0 saturated carbocycles. The molecule has 0 bridgehead atoms. The SMILES string of the molecule is C1=CC(Cc2ccccc2)=[C]([Zr+2][CH]2C(n3cccn3)=Cc3ccccc32)C1.[Cl-].[Cl-]. The van der Waals surface area contributed by atoms with Gasteiger partial charge in [-0.2, -0.15) is 0 Å². The number of nitrogens with zero attached hydrogens (tertiary/aromatic N) is 2. The van der Waals surface area contributed by atoms with Gasteiger partial charge in [0, 0.05) is 0 Å². The zero-order chi connectivity index (χ0) is 18.1. The van der Waals surface area contributed by atoms with Crippen molar-refractivity contribution in [1.29, 1.82) is 0 Å². The molecule has 1 aromatic heterocycles. The second-order valence-electron chi connectivity index (χ2n) is 7.00. The van der Waals surface area contributed by atoms with Gasteiger partial charge in [-0.05, 0) is 0 Å². The van der Waals surface area contributed by atoms with Crippen molar-refractivity contribution in [2.75, 3.05) is 0 Å². The van der Waals surface area contributed by atoms with E-state index in [1.54, 1.807) is 8.85 Å². The molecule has 2 aliphatic rings. The molecule has 29 heavy (non-hydrogen) atoms. The van der Waals surface area contributed by atoms with E-state index in [9.17, 15) is 0 Å². The quantitative estimate of drug-likeness (QED) is 0.463. The first-order valence-corrected chi connectivity index (χ1v) is 12.0. The van der Waals surface area contributed by atoms with Gasteiger partial charge in [-0.3, -0.25) is 0 Å². The van der Waals surface area contributed by atoms with Gasteiger partial charge in [0.05, 0.1) is 0 Å². The maximum Gasteiger partial charge on any atom is -1.00 e. The van der Waals surface area contributed by atoms with Crippen molar-refractivity contribution in [1.82, 2.24) is 9.78 Å². The largest absolute Gasteiger partial charge is 1.00 e. The number of fused-ring (bicyclic) bond motifs is 1. The van der Waals surface area contributed by atoms with Crippen LogP contribution in [0.2, 0.25) is 0 Å². The average Bonchev–Trinajstić information content (AvgIpc) is 3.44. The summed E-state index contributed by atoms with van der Waals surface area (Å²) >= 11 is -0.835. The van der Waals surface area contributed by atoms with Crippen LogP contribution in [-0.4, -0.2) is 9.78 Å². The van der Waals surface area contributed by atoms with Gasteiger partial charge in [0.25, 0.3) is 0 Å². The molecule has 1 unspecified atom stereocenters. The van der Waals surface area contributed by atoms with Gasteiger partial charge in [0.1, 0.15) is 0 Å². The molecule has 2 nitrogen and oxygen atoms in total. The topological polar surface area (TPSA) is 17.8 Å². The van der Waals surface area contributed by atoms with E-state index in [2.05, 4.69) is 88.8 Å². The molecule has 1 atom stereocenters. The van der Waals surface area contributed by atoms with Crippen LogP contribution in [-0.2, 0) is 29.7 Å². The molecule has 3 aromatic rings. The molecule has 2 aliphatic carbocycles.